The summed E-state index contributed by atoms with van der Waals surface area (Å²) in [6.45, 7) is 0.603. The van der Waals surface area contributed by atoms with Crippen molar-refractivity contribution in [3.63, 3.8) is 0 Å². The minimum Gasteiger partial charge on any atom is -0.488 e. The average molecular weight is 424 g/mol. The Morgan fingerprint density at radius 2 is 1.97 bits per heavy atom. The van der Waals surface area contributed by atoms with E-state index in [2.05, 4.69) is 20.5 Å². The number of halogens is 1. The number of aromatic nitrogens is 5. The lowest BCUT2D eigenvalue weighted by Crippen LogP contribution is -2.21. The van der Waals surface area contributed by atoms with Gasteiger partial charge in [0.15, 0.2) is 11.6 Å². The first-order chi connectivity index (χ1) is 15.0. The lowest BCUT2D eigenvalue weighted by atomic mass is 10.1. The molecule has 31 heavy (non-hydrogen) atoms. The molecular formula is C21H21FN6O3. The second kappa shape index (κ2) is 8.52. The van der Waals surface area contributed by atoms with E-state index < -0.39 is 5.82 Å². The Labute approximate surface area is 177 Å². The van der Waals surface area contributed by atoms with Crippen molar-refractivity contribution < 1.29 is 18.7 Å². The maximum Gasteiger partial charge on any atom is 0.253 e. The Morgan fingerprint density at radius 1 is 1.19 bits per heavy atom. The maximum absolute atomic E-state index is 14.5. The smallest absolute Gasteiger partial charge is 0.253 e. The molecule has 0 aliphatic carbocycles. The van der Waals surface area contributed by atoms with E-state index in [9.17, 15) is 9.18 Å². The minimum atomic E-state index is -0.500. The number of H-pyrrole nitrogens is 1. The summed E-state index contributed by atoms with van der Waals surface area (Å²) in [5.41, 5.74) is 2.88. The van der Waals surface area contributed by atoms with Crippen LogP contribution in [0.25, 0.3) is 28.0 Å². The molecular weight excluding hydrogens is 403 g/mol. The summed E-state index contributed by atoms with van der Waals surface area (Å²) in [6, 6.07) is 9.92. The molecule has 1 amide bonds. The van der Waals surface area contributed by atoms with Crippen molar-refractivity contribution in [2.45, 2.75) is 0 Å². The number of hydrogen-bond acceptors (Lipinski definition) is 6. The summed E-state index contributed by atoms with van der Waals surface area (Å²) >= 11 is 0. The monoisotopic (exact) mass is 424 g/mol. The van der Waals surface area contributed by atoms with Crippen LogP contribution in [0, 0.1) is 5.82 Å². The second-order valence-corrected chi connectivity index (χ2v) is 7.04. The highest BCUT2D eigenvalue weighted by Gasteiger charge is 2.16. The van der Waals surface area contributed by atoms with Crippen LogP contribution >= 0.6 is 0 Å². The molecule has 4 rings (SSSR count). The third-order valence-corrected chi connectivity index (χ3v) is 4.68. The van der Waals surface area contributed by atoms with Gasteiger partial charge in [-0.05, 0) is 30.3 Å². The van der Waals surface area contributed by atoms with Crippen molar-refractivity contribution in [1.82, 2.24) is 30.1 Å². The molecule has 0 aliphatic rings. The second-order valence-electron chi connectivity index (χ2n) is 7.04. The summed E-state index contributed by atoms with van der Waals surface area (Å²) < 4.78 is 26.4. The van der Waals surface area contributed by atoms with Crippen LogP contribution in [0.3, 0.4) is 0 Å². The SMILES string of the molecule is COCCOc1cc2[nH]nc(-c3cn(-c4ccc(C(=O)N(C)C)cc4)nn3)c2cc1F. The molecule has 0 saturated carbocycles. The highest BCUT2D eigenvalue weighted by Crippen LogP contribution is 2.30. The maximum atomic E-state index is 14.5. The van der Waals surface area contributed by atoms with Crippen molar-refractivity contribution in [3.05, 3.63) is 54.0 Å². The lowest BCUT2D eigenvalue weighted by Gasteiger charge is -2.10. The molecule has 2 heterocycles. The molecule has 0 spiro atoms. The number of rotatable bonds is 7. The van der Waals surface area contributed by atoms with Crippen LogP contribution in [-0.2, 0) is 4.74 Å². The molecule has 0 unspecified atom stereocenters. The highest BCUT2D eigenvalue weighted by atomic mass is 19.1. The fourth-order valence-electron chi connectivity index (χ4n) is 3.07. The van der Waals surface area contributed by atoms with Gasteiger partial charge in [-0.1, -0.05) is 5.21 Å². The number of methoxy groups -OCH3 is 1. The first-order valence-corrected chi connectivity index (χ1v) is 9.52. The topological polar surface area (TPSA) is 98.2 Å². The number of benzene rings is 2. The Bertz CT molecular complexity index is 1220. The van der Waals surface area contributed by atoms with Gasteiger partial charge in [-0.2, -0.15) is 5.10 Å². The fourth-order valence-corrected chi connectivity index (χ4v) is 3.07. The van der Waals surface area contributed by atoms with E-state index in [-0.39, 0.29) is 18.3 Å². The third kappa shape index (κ3) is 4.10. The highest BCUT2D eigenvalue weighted by molar-refractivity contribution is 5.94. The first-order valence-electron chi connectivity index (χ1n) is 9.52. The van der Waals surface area contributed by atoms with Crippen LogP contribution < -0.4 is 4.74 Å². The normalized spacial score (nSPS) is 11.1. The lowest BCUT2D eigenvalue weighted by molar-refractivity contribution is 0.0827. The van der Waals surface area contributed by atoms with E-state index in [0.29, 0.717) is 34.5 Å². The van der Waals surface area contributed by atoms with Gasteiger partial charge in [0.1, 0.15) is 18.0 Å². The van der Waals surface area contributed by atoms with Gasteiger partial charge in [0.2, 0.25) is 0 Å². The summed E-state index contributed by atoms with van der Waals surface area (Å²) in [6.07, 6.45) is 1.69. The van der Waals surface area contributed by atoms with Crippen molar-refractivity contribution in [2.75, 3.05) is 34.4 Å². The molecule has 2 aromatic heterocycles. The number of carbonyl (C=O) groups is 1. The quantitative estimate of drug-likeness (QED) is 0.458. The minimum absolute atomic E-state index is 0.0820. The summed E-state index contributed by atoms with van der Waals surface area (Å²) in [7, 11) is 4.95. The van der Waals surface area contributed by atoms with E-state index in [0.717, 1.165) is 5.69 Å². The Kier molecular flexibility index (Phi) is 5.63. The Morgan fingerprint density at radius 3 is 2.68 bits per heavy atom. The molecule has 0 atom stereocenters. The number of amides is 1. The molecule has 2 aromatic carbocycles. The largest absolute Gasteiger partial charge is 0.488 e. The van der Waals surface area contributed by atoms with Gasteiger partial charge in [0.25, 0.3) is 5.91 Å². The number of carbonyl (C=O) groups excluding carboxylic acids is 1. The van der Waals surface area contributed by atoms with Crippen LogP contribution in [0.2, 0.25) is 0 Å². The van der Waals surface area contributed by atoms with Gasteiger partial charge < -0.3 is 14.4 Å². The third-order valence-electron chi connectivity index (χ3n) is 4.68. The van der Waals surface area contributed by atoms with Gasteiger partial charge in [-0.25, -0.2) is 9.07 Å². The summed E-state index contributed by atoms with van der Waals surface area (Å²) in [5, 5.41) is 16.0. The van der Waals surface area contributed by atoms with Crippen molar-refractivity contribution in [1.29, 1.82) is 0 Å². The van der Waals surface area contributed by atoms with Crippen molar-refractivity contribution >= 4 is 16.8 Å². The molecule has 9 nitrogen and oxygen atoms in total. The number of ether oxygens (including phenoxy) is 2. The number of hydrogen-bond donors (Lipinski definition) is 1. The number of nitrogens with zero attached hydrogens (tertiary/aromatic N) is 5. The van der Waals surface area contributed by atoms with Crippen LogP contribution in [-0.4, -0.2) is 70.4 Å². The number of aromatic amines is 1. The van der Waals surface area contributed by atoms with Crippen LogP contribution in [0.4, 0.5) is 4.39 Å². The van der Waals surface area contributed by atoms with E-state index in [1.807, 2.05) is 0 Å². The first kappa shape index (κ1) is 20.5. The molecule has 0 fully saturated rings. The van der Waals surface area contributed by atoms with Crippen molar-refractivity contribution in [2.24, 2.45) is 0 Å². The Balaban J connectivity index is 1.60. The standard InChI is InChI=1S/C21H21FN6O3/c1-27(2)21(29)13-4-6-14(7-5-13)28-12-18(24-26-28)20-15-10-16(22)19(31-9-8-30-3)11-17(15)23-25-20/h4-7,10-12H,8-9H2,1-3H3,(H,23,25). The number of fused-ring (bicyclic) bond motifs is 1. The van der Waals surface area contributed by atoms with E-state index in [4.69, 9.17) is 9.47 Å². The molecule has 160 valence electrons. The average Bonchev–Trinajstić information content (AvgIpc) is 3.40. The molecule has 0 bridgehead atoms. The van der Waals surface area contributed by atoms with Gasteiger partial charge in [-0.3, -0.25) is 9.89 Å². The van der Waals surface area contributed by atoms with E-state index >= 15 is 0 Å². The van der Waals surface area contributed by atoms with Crippen molar-refractivity contribution in [3.8, 4) is 22.8 Å². The predicted molar refractivity (Wildman–Crippen MR) is 112 cm³/mol. The van der Waals surface area contributed by atoms with Gasteiger partial charge in [0.05, 0.1) is 24.0 Å². The summed E-state index contributed by atoms with van der Waals surface area (Å²) in [4.78, 5) is 13.5. The zero-order chi connectivity index (χ0) is 22.0. The fraction of sp³-hybridized carbons (Fsp3) is 0.238. The van der Waals surface area contributed by atoms with Crippen LogP contribution in [0.5, 0.6) is 5.75 Å². The van der Waals surface area contributed by atoms with Crippen LogP contribution in [0.15, 0.2) is 42.6 Å². The van der Waals surface area contributed by atoms with Gasteiger partial charge >= 0.3 is 0 Å². The molecule has 1 N–H and O–H groups in total. The van der Waals surface area contributed by atoms with E-state index in [1.54, 1.807) is 62.4 Å². The zero-order valence-electron chi connectivity index (χ0n) is 17.3. The Hall–Kier alpha value is -3.79. The van der Waals surface area contributed by atoms with Gasteiger partial charge in [0, 0.05) is 38.2 Å². The molecule has 0 saturated heterocycles. The molecule has 0 aliphatic heterocycles. The zero-order valence-corrected chi connectivity index (χ0v) is 17.3. The van der Waals surface area contributed by atoms with Gasteiger partial charge in [-0.15, -0.1) is 5.10 Å². The number of nitrogens with one attached hydrogen (secondary N) is 1. The van der Waals surface area contributed by atoms with Crippen LogP contribution in [0.1, 0.15) is 10.4 Å². The molecule has 0 radical (unpaired) electrons. The molecule has 4 aromatic rings. The molecule has 10 heteroatoms. The van der Waals surface area contributed by atoms with E-state index in [1.165, 1.54) is 11.0 Å². The predicted octanol–water partition coefficient (Wildman–Crippen LogP) is 2.68. The summed E-state index contributed by atoms with van der Waals surface area (Å²) in [5.74, 6) is -0.461.